The van der Waals surface area contributed by atoms with Gasteiger partial charge in [-0.3, -0.25) is 14.7 Å². The van der Waals surface area contributed by atoms with E-state index in [1.165, 1.54) is 22.9 Å². The topological polar surface area (TPSA) is 51.2 Å². The van der Waals surface area contributed by atoms with Crippen LogP contribution in [0.25, 0.3) is 0 Å². The summed E-state index contributed by atoms with van der Waals surface area (Å²) < 4.78 is 14.6. The molecule has 2 aromatic carbocycles. The first kappa shape index (κ1) is 25.9. The molecule has 2 aliphatic rings. The number of benzene rings is 2. The van der Waals surface area contributed by atoms with Crippen molar-refractivity contribution >= 4 is 39.9 Å². The van der Waals surface area contributed by atoms with Crippen LogP contribution in [0.4, 0.5) is 10.1 Å². The predicted octanol–water partition coefficient (Wildman–Crippen LogP) is 4.63. The van der Waals surface area contributed by atoms with Crippen LogP contribution < -0.4 is 10.2 Å². The number of nitrogens with one attached hydrogen (secondary N) is 1. The predicted molar refractivity (Wildman–Crippen MR) is 149 cm³/mol. The van der Waals surface area contributed by atoms with Crippen molar-refractivity contribution in [2.75, 3.05) is 50.7 Å². The molecule has 2 aromatic rings. The molecule has 0 bridgehead atoms. The second kappa shape index (κ2) is 11.7. The van der Waals surface area contributed by atoms with E-state index < -0.39 is 0 Å². The van der Waals surface area contributed by atoms with Crippen molar-refractivity contribution < 1.29 is 9.18 Å². The van der Waals surface area contributed by atoms with Crippen LogP contribution in [0.5, 0.6) is 0 Å². The number of nitrogens with zero attached hydrogens (tertiary/aromatic N) is 4. The average molecular weight is 592 g/mol. The van der Waals surface area contributed by atoms with E-state index in [4.69, 9.17) is 5.10 Å². The Morgan fingerprint density at radius 2 is 1.89 bits per heavy atom. The lowest BCUT2D eigenvalue weighted by molar-refractivity contribution is -0.119. The molecule has 1 fully saturated rings. The summed E-state index contributed by atoms with van der Waals surface area (Å²) >= 11 is 2.26. The number of piperazine rings is 1. The van der Waals surface area contributed by atoms with Gasteiger partial charge in [0.25, 0.3) is 0 Å². The van der Waals surface area contributed by atoms with Crippen LogP contribution in [-0.2, 0) is 4.79 Å². The zero-order valence-electron chi connectivity index (χ0n) is 20.9. The van der Waals surface area contributed by atoms with E-state index in [-0.39, 0.29) is 22.2 Å². The fraction of sp³-hybridized carbons (Fsp3) is 0.481. The zero-order chi connectivity index (χ0) is 24.9. The third-order valence-corrected chi connectivity index (χ3v) is 8.17. The molecule has 0 aromatic heterocycles. The molecule has 6 nitrogen and oxygen atoms in total. The van der Waals surface area contributed by atoms with E-state index in [1.54, 1.807) is 6.07 Å². The molecule has 8 heteroatoms. The summed E-state index contributed by atoms with van der Waals surface area (Å²) in [6.07, 6.45) is 1.09. The van der Waals surface area contributed by atoms with Gasteiger partial charge in [-0.05, 0) is 56.5 Å². The molecule has 188 valence electrons. The summed E-state index contributed by atoms with van der Waals surface area (Å²) in [7, 11) is 0. The molecule has 0 saturated carbocycles. The number of carbonyl (C=O) groups is 1. The van der Waals surface area contributed by atoms with Crippen molar-refractivity contribution in [3.63, 3.8) is 0 Å². The lowest BCUT2D eigenvalue weighted by Gasteiger charge is -2.37. The van der Waals surface area contributed by atoms with Gasteiger partial charge >= 0.3 is 0 Å². The summed E-state index contributed by atoms with van der Waals surface area (Å²) in [4.78, 5) is 17.2. The first-order valence-corrected chi connectivity index (χ1v) is 13.7. The van der Waals surface area contributed by atoms with Crippen LogP contribution in [0.3, 0.4) is 0 Å². The van der Waals surface area contributed by atoms with Gasteiger partial charge in [-0.25, -0.2) is 4.39 Å². The molecular formula is C27H35FIN5O. The Labute approximate surface area is 221 Å². The lowest BCUT2D eigenvalue weighted by atomic mass is 9.98. The standard InChI is InChI=1S/C27H35FIN5O/c1-4-30-25(35)18-24-22-7-5-8-23(28)26(22)27(29)34(31-24)12-6-11-32-13-15-33(16-14-32)21-10-9-19(2)20(3)17-21/h5,7-10,17,27H,4,6,11-16,18H2,1-3H3,(H,30,35). The summed E-state index contributed by atoms with van der Waals surface area (Å²) in [5.74, 6) is -0.326. The molecule has 2 heterocycles. The number of hydrogen-bond acceptors (Lipinski definition) is 5. The van der Waals surface area contributed by atoms with Gasteiger partial charge in [-0.2, -0.15) is 5.10 Å². The van der Waals surface area contributed by atoms with Gasteiger partial charge in [-0.15, -0.1) is 0 Å². The number of carbonyl (C=O) groups excluding carboxylic acids is 1. The fourth-order valence-corrected chi connectivity index (χ4v) is 5.79. The summed E-state index contributed by atoms with van der Waals surface area (Å²) in [6.45, 7) is 12.6. The molecule has 1 N–H and O–H groups in total. The number of alkyl halides is 1. The Hall–Kier alpha value is -2.20. The molecule has 35 heavy (non-hydrogen) atoms. The number of amides is 1. The van der Waals surface area contributed by atoms with Crippen LogP contribution >= 0.6 is 22.6 Å². The first-order chi connectivity index (χ1) is 16.9. The first-order valence-electron chi connectivity index (χ1n) is 12.5. The maximum Gasteiger partial charge on any atom is 0.226 e. The van der Waals surface area contributed by atoms with E-state index in [1.807, 2.05) is 18.0 Å². The molecule has 1 saturated heterocycles. The summed E-state index contributed by atoms with van der Waals surface area (Å²) in [6, 6.07) is 11.8. The van der Waals surface area contributed by atoms with E-state index >= 15 is 0 Å². The Morgan fingerprint density at radius 3 is 2.60 bits per heavy atom. The van der Waals surface area contributed by atoms with Gasteiger partial charge < -0.3 is 10.2 Å². The fourth-order valence-electron chi connectivity index (χ4n) is 4.75. The van der Waals surface area contributed by atoms with E-state index in [9.17, 15) is 9.18 Å². The van der Waals surface area contributed by atoms with Crippen molar-refractivity contribution in [3.8, 4) is 0 Å². The molecule has 0 spiro atoms. The number of hydrazone groups is 1. The van der Waals surface area contributed by atoms with E-state index in [0.717, 1.165) is 51.3 Å². The lowest BCUT2D eigenvalue weighted by Crippen LogP contribution is -2.47. The summed E-state index contributed by atoms with van der Waals surface area (Å²) in [5.41, 5.74) is 5.99. The quantitative estimate of drug-likeness (QED) is 0.277. The third kappa shape index (κ3) is 6.14. The monoisotopic (exact) mass is 591 g/mol. The van der Waals surface area contributed by atoms with E-state index in [0.29, 0.717) is 17.8 Å². The number of rotatable bonds is 8. The zero-order valence-corrected chi connectivity index (χ0v) is 23.0. The van der Waals surface area contributed by atoms with Gasteiger partial charge in [0.2, 0.25) is 5.91 Å². The number of aryl methyl sites for hydroxylation is 2. The van der Waals surface area contributed by atoms with Crippen LogP contribution in [0.15, 0.2) is 41.5 Å². The second-order valence-corrected chi connectivity index (χ2v) is 10.5. The smallest absolute Gasteiger partial charge is 0.226 e. The maximum atomic E-state index is 14.8. The summed E-state index contributed by atoms with van der Waals surface area (Å²) in [5, 5.41) is 9.58. The van der Waals surface area contributed by atoms with Crippen LogP contribution in [0.1, 0.15) is 46.1 Å². The number of hydrogen-bond donors (Lipinski definition) is 1. The Balaban J connectivity index is 1.34. The van der Waals surface area contributed by atoms with Crippen molar-refractivity contribution in [1.82, 2.24) is 15.2 Å². The highest BCUT2D eigenvalue weighted by Gasteiger charge is 2.30. The second-order valence-electron chi connectivity index (χ2n) is 9.33. The Kier molecular flexibility index (Phi) is 8.64. The highest BCUT2D eigenvalue weighted by molar-refractivity contribution is 14.1. The normalized spacial score (nSPS) is 18.3. The largest absolute Gasteiger partial charge is 0.369 e. The van der Waals surface area contributed by atoms with Crippen molar-refractivity contribution in [2.24, 2.45) is 5.10 Å². The molecular weight excluding hydrogens is 556 g/mol. The van der Waals surface area contributed by atoms with Crippen molar-refractivity contribution in [3.05, 3.63) is 64.5 Å². The molecule has 1 amide bonds. The van der Waals surface area contributed by atoms with Gasteiger partial charge in [0.15, 0.2) is 0 Å². The minimum absolute atomic E-state index is 0.0880. The Morgan fingerprint density at radius 1 is 1.11 bits per heavy atom. The molecule has 1 unspecified atom stereocenters. The van der Waals surface area contributed by atoms with Crippen LogP contribution in [0.2, 0.25) is 0 Å². The SMILES string of the molecule is CCNC(=O)CC1=NN(CCCN2CCN(c3ccc(C)c(C)c3)CC2)C(I)c2c(F)cccc21. The molecule has 0 radical (unpaired) electrons. The third-order valence-electron chi connectivity index (χ3n) is 6.90. The van der Waals surface area contributed by atoms with Gasteiger partial charge in [-0.1, -0.05) is 40.8 Å². The molecule has 2 aliphatic heterocycles. The Bertz CT molecular complexity index is 1080. The minimum atomic E-state index is -0.238. The van der Waals surface area contributed by atoms with Gasteiger partial charge in [0.05, 0.1) is 12.1 Å². The van der Waals surface area contributed by atoms with E-state index in [2.05, 4.69) is 69.8 Å². The molecule has 1 atom stereocenters. The number of halogens is 2. The molecule has 0 aliphatic carbocycles. The van der Waals surface area contributed by atoms with Gasteiger partial charge in [0, 0.05) is 62.6 Å². The van der Waals surface area contributed by atoms with Crippen molar-refractivity contribution in [2.45, 2.75) is 37.7 Å². The number of anilines is 1. The van der Waals surface area contributed by atoms with Crippen LogP contribution in [-0.4, -0.2) is 67.3 Å². The highest BCUT2D eigenvalue weighted by Crippen LogP contribution is 2.37. The molecule has 4 rings (SSSR count). The average Bonchev–Trinajstić information content (AvgIpc) is 2.84. The van der Waals surface area contributed by atoms with Gasteiger partial charge in [0.1, 0.15) is 9.87 Å². The maximum absolute atomic E-state index is 14.8. The minimum Gasteiger partial charge on any atom is -0.369 e. The number of fused-ring (bicyclic) bond motifs is 1. The van der Waals surface area contributed by atoms with Crippen molar-refractivity contribution in [1.29, 1.82) is 0 Å². The highest BCUT2D eigenvalue weighted by atomic mass is 127. The van der Waals surface area contributed by atoms with Crippen LogP contribution in [0, 0.1) is 19.7 Å².